The number of carbonyl (C=O) groups excluding carboxylic acids is 1. The lowest BCUT2D eigenvalue weighted by Gasteiger charge is -2.05. The van der Waals surface area contributed by atoms with E-state index >= 15 is 0 Å². The van der Waals surface area contributed by atoms with E-state index in [0.29, 0.717) is 28.1 Å². The lowest BCUT2D eigenvalue weighted by atomic mass is 10.2. The van der Waals surface area contributed by atoms with Gasteiger partial charge in [-0.15, -0.1) is 5.10 Å². The van der Waals surface area contributed by atoms with Gasteiger partial charge in [-0.25, -0.2) is 9.67 Å². The number of furan rings is 1. The molecule has 2 heterocycles. The summed E-state index contributed by atoms with van der Waals surface area (Å²) in [5.41, 5.74) is 0.972. The quantitative estimate of drug-likeness (QED) is 0.432. The number of hydrogen-bond acceptors (Lipinski definition) is 5. The highest BCUT2D eigenvalue weighted by atomic mass is 35.5. The maximum atomic E-state index is 12.4. The van der Waals surface area contributed by atoms with Gasteiger partial charge in [-0.1, -0.05) is 47.5 Å². The molecular weight excluding hydrogens is 427 g/mol. The average Bonchev–Trinajstić information content (AvgIpc) is 3.37. The first-order chi connectivity index (χ1) is 14.6. The number of anilines is 1. The largest absolute Gasteiger partial charge is 0.484 e. The van der Waals surface area contributed by atoms with E-state index in [0.717, 1.165) is 5.56 Å². The molecule has 0 fully saturated rings. The summed E-state index contributed by atoms with van der Waals surface area (Å²) in [5, 5.41) is 8.00. The van der Waals surface area contributed by atoms with E-state index in [9.17, 15) is 4.79 Å². The summed E-state index contributed by atoms with van der Waals surface area (Å²) in [6, 6.07) is 17.8. The fraction of sp³-hybridized carbons (Fsp3) is 0.0952. The number of halogens is 2. The molecule has 0 unspecified atom stereocenters. The van der Waals surface area contributed by atoms with Crippen LogP contribution in [-0.4, -0.2) is 20.7 Å². The molecule has 0 radical (unpaired) electrons. The van der Waals surface area contributed by atoms with Crippen LogP contribution in [0.5, 0.6) is 5.75 Å². The number of ether oxygens (including phenoxy) is 1. The number of nitrogens with zero attached hydrogens (tertiary/aromatic N) is 3. The van der Waals surface area contributed by atoms with Gasteiger partial charge in [0.1, 0.15) is 24.4 Å². The van der Waals surface area contributed by atoms with E-state index in [4.69, 9.17) is 32.4 Å². The molecule has 2 aromatic heterocycles. The molecule has 2 aromatic carbocycles. The molecule has 7 nitrogen and oxygen atoms in total. The number of aromatic nitrogens is 3. The van der Waals surface area contributed by atoms with E-state index in [1.165, 1.54) is 6.33 Å². The second-order valence-electron chi connectivity index (χ2n) is 6.33. The van der Waals surface area contributed by atoms with E-state index in [-0.39, 0.29) is 18.3 Å². The minimum Gasteiger partial charge on any atom is -0.484 e. The van der Waals surface area contributed by atoms with Crippen LogP contribution < -0.4 is 10.1 Å². The molecule has 9 heteroatoms. The highest BCUT2D eigenvalue weighted by Crippen LogP contribution is 2.24. The van der Waals surface area contributed by atoms with E-state index in [1.54, 1.807) is 35.0 Å². The van der Waals surface area contributed by atoms with Crippen molar-refractivity contribution in [3.8, 4) is 5.75 Å². The molecule has 0 atom stereocenters. The van der Waals surface area contributed by atoms with Crippen molar-refractivity contribution in [2.45, 2.75) is 13.2 Å². The van der Waals surface area contributed by atoms with Gasteiger partial charge in [0.05, 0.1) is 11.6 Å². The highest BCUT2D eigenvalue weighted by molar-refractivity contribution is 6.32. The fourth-order valence-corrected chi connectivity index (χ4v) is 3.10. The van der Waals surface area contributed by atoms with E-state index in [2.05, 4.69) is 15.4 Å². The first-order valence-corrected chi connectivity index (χ1v) is 9.74. The highest BCUT2D eigenvalue weighted by Gasteiger charge is 2.14. The fourth-order valence-electron chi connectivity index (χ4n) is 2.70. The molecular formula is C21H16Cl2N4O3. The number of para-hydroxylation sites is 1. The minimum atomic E-state index is -0.459. The molecule has 0 aliphatic heterocycles. The van der Waals surface area contributed by atoms with Crippen molar-refractivity contribution in [3.05, 3.63) is 94.1 Å². The van der Waals surface area contributed by atoms with Crippen molar-refractivity contribution >= 4 is 35.1 Å². The first-order valence-electron chi connectivity index (χ1n) is 8.98. The number of nitrogens with one attached hydrogen (secondary N) is 1. The van der Waals surface area contributed by atoms with Gasteiger partial charge in [-0.05, 0) is 42.0 Å². The van der Waals surface area contributed by atoms with Crippen molar-refractivity contribution in [1.29, 1.82) is 0 Å². The summed E-state index contributed by atoms with van der Waals surface area (Å²) < 4.78 is 12.7. The molecule has 30 heavy (non-hydrogen) atoms. The second kappa shape index (κ2) is 9.02. The Morgan fingerprint density at radius 3 is 2.80 bits per heavy atom. The molecule has 0 aliphatic carbocycles. The summed E-state index contributed by atoms with van der Waals surface area (Å²) in [4.78, 5) is 16.5. The molecule has 0 saturated heterocycles. The second-order valence-corrected chi connectivity index (χ2v) is 7.18. The van der Waals surface area contributed by atoms with Crippen molar-refractivity contribution < 1.29 is 13.9 Å². The zero-order valence-corrected chi connectivity index (χ0v) is 17.1. The van der Waals surface area contributed by atoms with E-state index < -0.39 is 5.91 Å². The van der Waals surface area contributed by atoms with Gasteiger partial charge in [-0.3, -0.25) is 10.1 Å². The topological polar surface area (TPSA) is 82.2 Å². The Labute approximate surface area is 182 Å². The van der Waals surface area contributed by atoms with Crippen LogP contribution in [0.2, 0.25) is 10.0 Å². The zero-order valence-electron chi connectivity index (χ0n) is 15.6. The zero-order chi connectivity index (χ0) is 20.9. The summed E-state index contributed by atoms with van der Waals surface area (Å²) in [6.07, 6.45) is 1.53. The van der Waals surface area contributed by atoms with Crippen LogP contribution in [0.1, 0.15) is 21.9 Å². The van der Waals surface area contributed by atoms with Crippen LogP contribution in [0.3, 0.4) is 0 Å². The van der Waals surface area contributed by atoms with Crippen molar-refractivity contribution in [1.82, 2.24) is 14.8 Å². The normalized spacial score (nSPS) is 10.7. The number of benzene rings is 2. The summed E-state index contributed by atoms with van der Waals surface area (Å²) in [5.74, 6) is 0.862. The van der Waals surface area contributed by atoms with Gasteiger partial charge >= 0.3 is 0 Å². The number of carbonyl (C=O) groups is 1. The van der Waals surface area contributed by atoms with Gasteiger partial charge in [-0.2, -0.15) is 0 Å². The number of amides is 1. The van der Waals surface area contributed by atoms with Crippen LogP contribution in [-0.2, 0) is 13.2 Å². The average molecular weight is 443 g/mol. The number of hydrogen-bond donors (Lipinski definition) is 1. The smallest absolute Gasteiger partial charge is 0.293 e. The Balaban J connectivity index is 1.34. The Hall–Kier alpha value is -3.29. The summed E-state index contributed by atoms with van der Waals surface area (Å²) >= 11 is 12.0. The molecule has 0 bridgehead atoms. The molecule has 4 aromatic rings. The standard InChI is InChI=1S/C21H16Cl2N4O3/c22-15-5-3-4-14(10-15)11-27-13-24-21(26-27)25-20(28)19-9-8-16(30-19)12-29-18-7-2-1-6-17(18)23/h1-10,13H,11-12H2,(H,25,26,28). The van der Waals surface area contributed by atoms with Crippen LogP contribution in [0.4, 0.5) is 5.95 Å². The van der Waals surface area contributed by atoms with Gasteiger partial charge in [0.25, 0.3) is 5.91 Å². The predicted molar refractivity (Wildman–Crippen MR) is 113 cm³/mol. The molecule has 0 spiro atoms. The maximum Gasteiger partial charge on any atom is 0.293 e. The summed E-state index contributed by atoms with van der Waals surface area (Å²) in [6.45, 7) is 0.622. The van der Waals surface area contributed by atoms with Gasteiger partial charge in [0.2, 0.25) is 5.95 Å². The Kier molecular flexibility index (Phi) is 6.02. The van der Waals surface area contributed by atoms with Crippen molar-refractivity contribution in [3.63, 3.8) is 0 Å². The Morgan fingerprint density at radius 1 is 1.10 bits per heavy atom. The van der Waals surface area contributed by atoms with Crippen molar-refractivity contribution in [2.75, 3.05) is 5.32 Å². The van der Waals surface area contributed by atoms with Crippen LogP contribution >= 0.6 is 23.2 Å². The summed E-state index contributed by atoms with van der Waals surface area (Å²) in [7, 11) is 0. The maximum absolute atomic E-state index is 12.4. The number of rotatable bonds is 7. The Bertz CT molecular complexity index is 1170. The molecule has 4 rings (SSSR count). The van der Waals surface area contributed by atoms with Crippen LogP contribution in [0.15, 0.2) is 71.4 Å². The molecule has 1 N–H and O–H groups in total. The van der Waals surface area contributed by atoms with Gasteiger partial charge < -0.3 is 9.15 Å². The molecule has 1 amide bonds. The SMILES string of the molecule is O=C(Nc1ncn(Cc2cccc(Cl)c2)n1)c1ccc(COc2ccccc2Cl)o1. The predicted octanol–water partition coefficient (Wildman–Crippen LogP) is 5.06. The third-order valence-corrected chi connectivity index (χ3v) is 4.63. The third-order valence-electron chi connectivity index (χ3n) is 4.09. The third kappa shape index (κ3) is 5.00. The van der Waals surface area contributed by atoms with Crippen LogP contribution in [0, 0.1) is 0 Å². The van der Waals surface area contributed by atoms with Gasteiger partial charge in [0, 0.05) is 5.02 Å². The lowest BCUT2D eigenvalue weighted by Crippen LogP contribution is -2.12. The minimum absolute atomic E-state index is 0.124. The molecule has 0 aliphatic rings. The Morgan fingerprint density at radius 2 is 1.97 bits per heavy atom. The molecule has 152 valence electrons. The monoisotopic (exact) mass is 442 g/mol. The lowest BCUT2D eigenvalue weighted by molar-refractivity contribution is 0.0991. The van der Waals surface area contributed by atoms with Crippen molar-refractivity contribution in [2.24, 2.45) is 0 Å². The van der Waals surface area contributed by atoms with Gasteiger partial charge in [0.15, 0.2) is 5.76 Å². The first kappa shape index (κ1) is 20.0. The molecule has 0 saturated carbocycles. The van der Waals surface area contributed by atoms with Crippen LogP contribution in [0.25, 0.3) is 0 Å². The van der Waals surface area contributed by atoms with E-state index in [1.807, 2.05) is 30.3 Å².